The summed E-state index contributed by atoms with van der Waals surface area (Å²) in [6.07, 6.45) is 1.51. The second-order valence-corrected chi connectivity index (χ2v) is 4.30. The van der Waals surface area contributed by atoms with Crippen molar-refractivity contribution < 1.29 is 9.47 Å². The molecule has 0 amide bonds. The monoisotopic (exact) mass is 278 g/mol. The number of rotatable bonds is 4. The Morgan fingerprint density at radius 3 is 2.21 bits per heavy atom. The van der Waals surface area contributed by atoms with E-state index in [1.165, 1.54) is 6.33 Å². The smallest absolute Gasteiger partial charge is 0.126 e. The van der Waals surface area contributed by atoms with Crippen LogP contribution in [0.2, 0.25) is 0 Å². The van der Waals surface area contributed by atoms with E-state index in [1.54, 1.807) is 14.2 Å². The first-order valence-corrected chi connectivity index (χ1v) is 6.33. The predicted octanol–water partition coefficient (Wildman–Crippen LogP) is 3.21. The molecular formula is C14H15ClN2O2. The first-order valence-electron chi connectivity index (χ1n) is 5.79. The summed E-state index contributed by atoms with van der Waals surface area (Å²) >= 11 is 5.79. The molecule has 1 aromatic carbocycles. The minimum Gasteiger partial charge on any atom is -0.496 e. The highest BCUT2D eigenvalue weighted by atomic mass is 35.5. The molecule has 4 nitrogen and oxygen atoms in total. The van der Waals surface area contributed by atoms with E-state index in [-0.39, 0.29) is 0 Å². The van der Waals surface area contributed by atoms with E-state index in [0.29, 0.717) is 5.88 Å². The number of nitrogens with zero attached hydrogens (tertiary/aromatic N) is 2. The molecule has 2 aromatic rings. The van der Waals surface area contributed by atoms with E-state index < -0.39 is 0 Å². The Bertz CT molecular complexity index is 562. The first-order chi connectivity index (χ1) is 9.19. The minimum absolute atomic E-state index is 0.357. The maximum absolute atomic E-state index is 5.79. The van der Waals surface area contributed by atoms with Gasteiger partial charge in [0, 0.05) is 11.1 Å². The summed E-state index contributed by atoms with van der Waals surface area (Å²) in [4.78, 5) is 8.34. The van der Waals surface area contributed by atoms with Crippen LogP contribution in [0.5, 0.6) is 11.5 Å². The average molecular weight is 279 g/mol. The maximum atomic E-state index is 5.79. The lowest BCUT2D eigenvalue weighted by Crippen LogP contribution is -1.95. The van der Waals surface area contributed by atoms with Crippen LogP contribution in [0, 0.1) is 6.92 Å². The number of hydrogen-bond donors (Lipinski definition) is 0. The molecule has 0 bridgehead atoms. The van der Waals surface area contributed by atoms with Crippen LogP contribution in [0.25, 0.3) is 11.3 Å². The number of alkyl halides is 1. The number of benzene rings is 1. The molecule has 0 saturated carbocycles. The van der Waals surface area contributed by atoms with Crippen molar-refractivity contribution in [3.8, 4) is 22.8 Å². The van der Waals surface area contributed by atoms with Gasteiger partial charge in [-0.25, -0.2) is 9.97 Å². The van der Waals surface area contributed by atoms with Gasteiger partial charge in [0.2, 0.25) is 0 Å². The molecule has 0 radical (unpaired) electrons. The van der Waals surface area contributed by atoms with E-state index in [0.717, 1.165) is 34.0 Å². The Morgan fingerprint density at radius 2 is 1.68 bits per heavy atom. The van der Waals surface area contributed by atoms with Gasteiger partial charge in [0.15, 0.2) is 0 Å². The summed E-state index contributed by atoms with van der Waals surface area (Å²) in [5, 5.41) is 0. The minimum atomic E-state index is 0.357. The molecule has 0 aliphatic carbocycles. The van der Waals surface area contributed by atoms with Gasteiger partial charge < -0.3 is 9.47 Å². The Morgan fingerprint density at radius 1 is 1.05 bits per heavy atom. The standard InChI is InChI=1S/C14H15ClN2O2/c1-9-13(18-2)4-10(5-14(9)19-3)12-6-11(7-15)16-8-17-12/h4-6,8H,7H2,1-3H3. The fraction of sp³-hybridized carbons (Fsp3) is 0.286. The Kier molecular flexibility index (Phi) is 4.22. The van der Waals surface area contributed by atoms with Crippen LogP contribution >= 0.6 is 11.6 Å². The molecule has 0 atom stereocenters. The highest BCUT2D eigenvalue weighted by molar-refractivity contribution is 6.16. The van der Waals surface area contributed by atoms with Gasteiger partial charge in [-0.2, -0.15) is 0 Å². The van der Waals surface area contributed by atoms with E-state index in [2.05, 4.69) is 9.97 Å². The second-order valence-electron chi connectivity index (χ2n) is 4.03. The average Bonchev–Trinajstić information content (AvgIpc) is 2.47. The van der Waals surface area contributed by atoms with Gasteiger partial charge in [-0.15, -0.1) is 11.6 Å². The van der Waals surface area contributed by atoms with E-state index in [1.807, 2.05) is 25.1 Å². The summed E-state index contributed by atoms with van der Waals surface area (Å²) in [7, 11) is 3.27. The molecular weight excluding hydrogens is 264 g/mol. The molecule has 19 heavy (non-hydrogen) atoms. The van der Waals surface area contributed by atoms with E-state index >= 15 is 0 Å². The SMILES string of the molecule is COc1cc(-c2cc(CCl)ncn2)cc(OC)c1C. The first kappa shape index (κ1) is 13.6. The number of methoxy groups -OCH3 is 2. The van der Waals surface area contributed by atoms with Crippen LogP contribution in [0.4, 0.5) is 0 Å². The molecule has 0 aliphatic rings. The Balaban J connectivity index is 2.55. The molecule has 1 aromatic heterocycles. The van der Waals surface area contributed by atoms with Crippen molar-refractivity contribution in [1.29, 1.82) is 0 Å². The van der Waals surface area contributed by atoms with Gasteiger partial charge >= 0.3 is 0 Å². The third-order valence-electron chi connectivity index (χ3n) is 2.91. The van der Waals surface area contributed by atoms with Crippen LogP contribution < -0.4 is 9.47 Å². The zero-order valence-corrected chi connectivity index (χ0v) is 11.9. The summed E-state index contributed by atoms with van der Waals surface area (Å²) in [6.45, 7) is 1.95. The number of aromatic nitrogens is 2. The summed E-state index contributed by atoms with van der Waals surface area (Å²) < 4.78 is 10.7. The van der Waals surface area contributed by atoms with Crippen molar-refractivity contribution >= 4 is 11.6 Å². The van der Waals surface area contributed by atoms with Crippen LogP contribution in [-0.2, 0) is 5.88 Å². The second kappa shape index (κ2) is 5.89. The zero-order chi connectivity index (χ0) is 13.8. The molecule has 0 spiro atoms. The molecule has 2 rings (SSSR count). The van der Waals surface area contributed by atoms with Gasteiger partial charge in [0.05, 0.1) is 31.5 Å². The molecule has 0 unspecified atom stereocenters. The highest BCUT2D eigenvalue weighted by Crippen LogP contribution is 2.33. The van der Waals surface area contributed by atoms with E-state index in [4.69, 9.17) is 21.1 Å². The summed E-state index contributed by atoms with van der Waals surface area (Å²) in [5.74, 6) is 1.89. The highest BCUT2D eigenvalue weighted by Gasteiger charge is 2.11. The lowest BCUT2D eigenvalue weighted by atomic mass is 10.1. The molecule has 0 fully saturated rings. The van der Waals surface area contributed by atoms with Crippen molar-refractivity contribution in [3.63, 3.8) is 0 Å². The molecule has 100 valence electrons. The fourth-order valence-electron chi connectivity index (χ4n) is 1.86. The van der Waals surface area contributed by atoms with Crippen LogP contribution in [0.15, 0.2) is 24.5 Å². The Labute approximate surface area is 117 Å². The van der Waals surface area contributed by atoms with Crippen LogP contribution in [-0.4, -0.2) is 24.2 Å². The van der Waals surface area contributed by atoms with Crippen molar-refractivity contribution in [2.24, 2.45) is 0 Å². The predicted molar refractivity (Wildman–Crippen MR) is 74.9 cm³/mol. The molecule has 5 heteroatoms. The summed E-state index contributed by atoms with van der Waals surface area (Å²) in [6, 6.07) is 5.72. The largest absolute Gasteiger partial charge is 0.496 e. The molecule has 0 aliphatic heterocycles. The normalized spacial score (nSPS) is 10.3. The van der Waals surface area contributed by atoms with Gasteiger partial charge in [-0.1, -0.05) is 0 Å². The molecule has 1 heterocycles. The number of ether oxygens (including phenoxy) is 2. The van der Waals surface area contributed by atoms with Gasteiger partial charge in [-0.05, 0) is 25.1 Å². The van der Waals surface area contributed by atoms with Crippen LogP contribution in [0.3, 0.4) is 0 Å². The maximum Gasteiger partial charge on any atom is 0.126 e. The van der Waals surface area contributed by atoms with Crippen molar-refractivity contribution in [1.82, 2.24) is 9.97 Å². The number of halogens is 1. The fourth-order valence-corrected chi connectivity index (χ4v) is 2.01. The topological polar surface area (TPSA) is 44.2 Å². The number of hydrogen-bond acceptors (Lipinski definition) is 4. The zero-order valence-electron chi connectivity index (χ0n) is 11.1. The molecule has 0 N–H and O–H groups in total. The quantitative estimate of drug-likeness (QED) is 0.806. The third-order valence-corrected chi connectivity index (χ3v) is 3.18. The van der Waals surface area contributed by atoms with Gasteiger partial charge in [0.1, 0.15) is 17.8 Å². The van der Waals surface area contributed by atoms with Gasteiger partial charge in [-0.3, -0.25) is 0 Å². The van der Waals surface area contributed by atoms with Crippen molar-refractivity contribution in [2.45, 2.75) is 12.8 Å². The van der Waals surface area contributed by atoms with E-state index in [9.17, 15) is 0 Å². The van der Waals surface area contributed by atoms with Gasteiger partial charge in [0.25, 0.3) is 0 Å². The summed E-state index contributed by atoms with van der Waals surface area (Å²) in [5.41, 5.74) is 3.45. The lowest BCUT2D eigenvalue weighted by molar-refractivity contribution is 0.389. The van der Waals surface area contributed by atoms with Crippen molar-refractivity contribution in [3.05, 3.63) is 35.8 Å². The molecule has 0 saturated heterocycles. The Hall–Kier alpha value is -1.81. The lowest BCUT2D eigenvalue weighted by Gasteiger charge is -2.12. The van der Waals surface area contributed by atoms with Crippen LogP contribution in [0.1, 0.15) is 11.3 Å². The third kappa shape index (κ3) is 2.79. The van der Waals surface area contributed by atoms with Crippen molar-refractivity contribution in [2.75, 3.05) is 14.2 Å².